The van der Waals surface area contributed by atoms with Gasteiger partial charge in [-0.1, -0.05) is 164 Å². The van der Waals surface area contributed by atoms with Crippen LogP contribution in [-0.4, -0.2) is 19.5 Å². The van der Waals surface area contributed by atoms with Gasteiger partial charge in [0, 0.05) is 54.7 Å². The lowest BCUT2D eigenvalue weighted by Crippen LogP contribution is -2.00. The minimum Gasteiger partial charge on any atom is -0.456 e. The molecular formula is C63H38N4O2. The molecule has 4 heterocycles. The summed E-state index contributed by atoms with van der Waals surface area (Å²) in [5.74, 6) is 1.74. The summed E-state index contributed by atoms with van der Waals surface area (Å²) in [5.41, 5.74) is 15.9. The SMILES string of the molecule is c1ccc(-c2ccc(-c3nc(-c4ccccc4)nc(-c4cc(-c5ccc6oc7ccc(-n8c9ccccc9c9cc(-c%10ccccc%10)ccc98)cc7c6c5)cc5oc6ccccc6c45)n3)cc2)cc1. The van der Waals surface area contributed by atoms with E-state index in [-0.39, 0.29) is 0 Å². The van der Waals surface area contributed by atoms with Crippen LogP contribution >= 0.6 is 0 Å². The number of para-hydroxylation sites is 2. The Hall–Kier alpha value is -9.39. The van der Waals surface area contributed by atoms with Crippen LogP contribution in [0.15, 0.2) is 239 Å². The number of rotatable bonds is 7. The van der Waals surface area contributed by atoms with Crippen molar-refractivity contribution in [1.29, 1.82) is 0 Å². The molecule has 0 saturated carbocycles. The van der Waals surface area contributed by atoms with Crippen LogP contribution in [0.2, 0.25) is 0 Å². The Morgan fingerprint density at radius 2 is 0.754 bits per heavy atom. The van der Waals surface area contributed by atoms with E-state index in [2.05, 4.69) is 180 Å². The molecule has 14 aromatic rings. The standard InChI is InChI=1S/C63H38N4O2/c1-4-14-39(15-5-1)41-24-26-43(27-25-41)62-64-61(42-18-8-3-9-19-42)65-63(66-62)53-36-46(37-59-60(53)49-21-11-13-23-56(49)69-59)45-29-32-57-51(35-45)52-38-47(30-33-58(52)68-57)67-54-22-12-10-20-48(54)50-34-44(28-31-55(50)67)40-16-6-2-7-17-40/h1-38H. The van der Waals surface area contributed by atoms with Crippen LogP contribution in [0.4, 0.5) is 0 Å². The first-order chi connectivity index (χ1) is 34.2. The minimum atomic E-state index is 0.561. The first kappa shape index (κ1) is 38.8. The lowest BCUT2D eigenvalue weighted by molar-refractivity contribution is 0.669. The van der Waals surface area contributed by atoms with Crippen molar-refractivity contribution >= 4 is 65.7 Å². The zero-order chi connectivity index (χ0) is 45.4. The van der Waals surface area contributed by atoms with Crippen molar-refractivity contribution in [3.8, 4) is 73.2 Å². The van der Waals surface area contributed by atoms with Crippen molar-refractivity contribution in [3.63, 3.8) is 0 Å². The molecule has 4 aromatic heterocycles. The number of benzene rings is 10. The maximum absolute atomic E-state index is 6.67. The molecule has 0 amide bonds. The molecular weight excluding hydrogens is 845 g/mol. The Bertz CT molecular complexity index is 4290. The van der Waals surface area contributed by atoms with E-state index in [1.54, 1.807) is 0 Å². The molecule has 0 aliphatic carbocycles. The van der Waals surface area contributed by atoms with Crippen LogP contribution in [0.1, 0.15) is 0 Å². The van der Waals surface area contributed by atoms with E-state index in [0.29, 0.717) is 17.5 Å². The van der Waals surface area contributed by atoms with Crippen LogP contribution < -0.4 is 0 Å². The molecule has 0 N–H and O–H groups in total. The van der Waals surface area contributed by atoms with Gasteiger partial charge in [-0.3, -0.25) is 0 Å². The lowest BCUT2D eigenvalue weighted by Gasteiger charge is -2.11. The maximum Gasteiger partial charge on any atom is 0.164 e. The molecule has 14 rings (SSSR count). The quantitative estimate of drug-likeness (QED) is 0.159. The van der Waals surface area contributed by atoms with Crippen LogP contribution in [-0.2, 0) is 0 Å². The highest BCUT2D eigenvalue weighted by Gasteiger charge is 2.21. The van der Waals surface area contributed by atoms with E-state index in [1.807, 2.05) is 54.6 Å². The smallest absolute Gasteiger partial charge is 0.164 e. The summed E-state index contributed by atoms with van der Waals surface area (Å²) in [7, 11) is 0. The molecule has 322 valence electrons. The van der Waals surface area contributed by atoms with Gasteiger partial charge in [-0.25, -0.2) is 15.0 Å². The summed E-state index contributed by atoms with van der Waals surface area (Å²) in [6.07, 6.45) is 0. The van der Waals surface area contributed by atoms with Gasteiger partial charge in [-0.2, -0.15) is 0 Å². The van der Waals surface area contributed by atoms with Gasteiger partial charge in [0.2, 0.25) is 0 Å². The Balaban J connectivity index is 0.933. The molecule has 0 fully saturated rings. The predicted octanol–water partition coefficient (Wildman–Crippen LogP) is 16.8. The number of furan rings is 2. The fourth-order valence-electron chi connectivity index (χ4n) is 10.1. The van der Waals surface area contributed by atoms with Crippen LogP contribution in [0.3, 0.4) is 0 Å². The summed E-state index contributed by atoms with van der Waals surface area (Å²) in [6.45, 7) is 0. The predicted molar refractivity (Wildman–Crippen MR) is 281 cm³/mol. The monoisotopic (exact) mass is 882 g/mol. The third-order valence-electron chi connectivity index (χ3n) is 13.5. The van der Waals surface area contributed by atoms with Gasteiger partial charge < -0.3 is 13.4 Å². The van der Waals surface area contributed by atoms with Crippen LogP contribution in [0.5, 0.6) is 0 Å². The van der Waals surface area contributed by atoms with Crippen molar-refractivity contribution in [2.75, 3.05) is 0 Å². The average molecular weight is 883 g/mol. The normalized spacial score (nSPS) is 11.8. The van der Waals surface area contributed by atoms with Crippen LogP contribution in [0, 0.1) is 0 Å². The molecule has 10 aromatic carbocycles. The third-order valence-corrected chi connectivity index (χ3v) is 13.5. The molecule has 0 radical (unpaired) electrons. The van der Waals surface area contributed by atoms with E-state index in [4.69, 9.17) is 23.8 Å². The molecule has 0 saturated heterocycles. The van der Waals surface area contributed by atoms with E-state index in [0.717, 1.165) is 99.5 Å². The molecule has 0 atom stereocenters. The number of hydrogen-bond acceptors (Lipinski definition) is 5. The molecule has 0 unspecified atom stereocenters. The maximum atomic E-state index is 6.67. The van der Waals surface area contributed by atoms with Gasteiger partial charge in [-0.05, 0) is 100 Å². The van der Waals surface area contributed by atoms with Gasteiger partial charge in [-0.15, -0.1) is 0 Å². The van der Waals surface area contributed by atoms with Gasteiger partial charge in [0.15, 0.2) is 17.5 Å². The average Bonchev–Trinajstić information content (AvgIpc) is 4.10. The zero-order valence-corrected chi connectivity index (χ0v) is 37.0. The van der Waals surface area contributed by atoms with Crippen molar-refractivity contribution in [2.45, 2.75) is 0 Å². The van der Waals surface area contributed by atoms with Crippen LogP contribution in [0.25, 0.3) is 139 Å². The second-order valence-electron chi connectivity index (χ2n) is 17.6. The third kappa shape index (κ3) is 6.53. The van der Waals surface area contributed by atoms with Gasteiger partial charge >= 0.3 is 0 Å². The Morgan fingerprint density at radius 1 is 0.275 bits per heavy atom. The topological polar surface area (TPSA) is 69.9 Å². The van der Waals surface area contributed by atoms with E-state index in [1.165, 1.54) is 21.9 Å². The van der Waals surface area contributed by atoms with E-state index < -0.39 is 0 Å². The minimum absolute atomic E-state index is 0.561. The summed E-state index contributed by atoms with van der Waals surface area (Å²) in [5, 5.41) is 6.43. The second-order valence-corrected chi connectivity index (χ2v) is 17.6. The van der Waals surface area contributed by atoms with Crippen molar-refractivity contribution in [1.82, 2.24) is 19.5 Å². The fourth-order valence-corrected chi connectivity index (χ4v) is 10.1. The molecule has 0 aliphatic heterocycles. The summed E-state index contributed by atoms with van der Waals surface area (Å²) < 4.78 is 15.6. The number of fused-ring (bicyclic) bond motifs is 9. The van der Waals surface area contributed by atoms with E-state index >= 15 is 0 Å². The molecule has 6 nitrogen and oxygen atoms in total. The van der Waals surface area contributed by atoms with Gasteiger partial charge in [0.25, 0.3) is 0 Å². The Morgan fingerprint density at radius 3 is 1.51 bits per heavy atom. The largest absolute Gasteiger partial charge is 0.456 e. The Kier molecular flexibility index (Phi) is 8.79. The molecule has 0 spiro atoms. The van der Waals surface area contributed by atoms with E-state index in [9.17, 15) is 0 Å². The second kappa shape index (κ2) is 15.6. The summed E-state index contributed by atoms with van der Waals surface area (Å²) in [6, 6.07) is 80.4. The summed E-state index contributed by atoms with van der Waals surface area (Å²) in [4.78, 5) is 15.6. The Labute approximate surface area is 396 Å². The van der Waals surface area contributed by atoms with Crippen molar-refractivity contribution in [2.24, 2.45) is 0 Å². The van der Waals surface area contributed by atoms with Gasteiger partial charge in [0.05, 0.1) is 11.0 Å². The first-order valence-corrected chi connectivity index (χ1v) is 23.2. The zero-order valence-electron chi connectivity index (χ0n) is 37.0. The fraction of sp³-hybridized carbons (Fsp3) is 0. The van der Waals surface area contributed by atoms with Crippen molar-refractivity contribution < 1.29 is 8.83 Å². The van der Waals surface area contributed by atoms with Gasteiger partial charge in [0.1, 0.15) is 22.3 Å². The highest BCUT2D eigenvalue weighted by atomic mass is 16.3. The summed E-state index contributed by atoms with van der Waals surface area (Å²) >= 11 is 0. The molecule has 69 heavy (non-hydrogen) atoms. The highest BCUT2D eigenvalue weighted by Crippen LogP contribution is 2.42. The molecule has 0 bridgehead atoms. The number of nitrogens with zero attached hydrogens (tertiary/aromatic N) is 4. The molecule has 6 heteroatoms. The van der Waals surface area contributed by atoms with Crippen molar-refractivity contribution in [3.05, 3.63) is 231 Å². The number of aromatic nitrogens is 4. The first-order valence-electron chi connectivity index (χ1n) is 23.2. The highest BCUT2D eigenvalue weighted by molar-refractivity contribution is 6.14. The molecule has 0 aliphatic rings. The lowest BCUT2D eigenvalue weighted by atomic mass is 9.97. The number of hydrogen-bond donors (Lipinski definition) is 0.